The maximum atomic E-state index is 14.1. The van der Waals surface area contributed by atoms with Crippen LogP contribution in [-0.4, -0.2) is 7.05 Å². The van der Waals surface area contributed by atoms with E-state index in [0.717, 1.165) is 23.6 Å². The average Bonchev–Trinajstić information content (AvgIpc) is 2.45. The molecule has 0 bridgehead atoms. The maximum Gasteiger partial charge on any atom is 0.131 e. The Morgan fingerprint density at radius 3 is 2.40 bits per heavy atom. The van der Waals surface area contributed by atoms with Gasteiger partial charge in [-0.05, 0) is 43.1 Å². The molecule has 0 saturated heterocycles. The van der Waals surface area contributed by atoms with Crippen LogP contribution in [0.4, 0.5) is 8.78 Å². The minimum atomic E-state index is -0.515. The molecule has 0 fully saturated rings. The summed E-state index contributed by atoms with van der Waals surface area (Å²) in [4.78, 5) is 0. The van der Waals surface area contributed by atoms with E-state index in [0.29, 0.717) is 11.1 Å². The van der Waals surface area contributed by atoms with Crippen molar-refractivity contribution in [3.8, 4) is 0 Å². The Morgan fingerprint density at radius 1 is 1.05 bits per heavy atom. The van der Waals surface area contributed by atoms with Crippen LogP contribution in [0.5, 0.6) is 0 Å². The largest absolute Gasteiger partial charge is 0.309 e. The maximum absolute atomic E-state index is 14.1. The van der Waals surface area contributed by atoms with E-state index in [1.165, 1.54) is 0 Å². The van der Waals surface area contributed by atoms with E-state index in [4.69, 9.17) is 0 Å². The van der Waals surface area contributed by atoms with Crippen LogP contribution in [-0.2, 0) is 6.42 Å². The lowest BCUT2D eigenvalue weighted by atomic mass is 9.92. The van der Waals surface area contributed by atoms with Crippen molar-refractivity contribution in [2.24, 2.45) is 0 Å². The highest BCUT2D eigenvalue weighted by Crippen LogP contribution is 2.28. The third-order valence-electron chi connectivity index (χ3n) is 3.62. The Bertz CT molecular complexity index is 608. The van der Waals surface area contributed by atoms with Crippen LogP contribution < -0.4 is 5.32 Å². The van der Waals surface area contributed by atoms with Crippen molar-refractivity contribution in [3.63, 3.8) is 0 Å². The lowest BCUT2D eigenvalue weighted by molar-refractivity contribution is 0.546. The first-order chi connectivity index (χ1) is 9.58. The predicted octanol–water partition coefficient (Wildman–Crippen LogP) is 4.14. The molecule has 3 heteroatoms. The minimum absolute atomic E-state index is 0.273. The van der Waals surface area contributed by atoms with Gasteiger partial charge in [-0.25, -0.2) is 8.78 Å². The molecule has 2 rings (SSSR count). The van der Waals surface area contributed by atoms with Crippen LogP contribution in [0.2, 0.25) is 0 Å². The van der Waals surface area contributed by atoms with Crippen LogP contribution in [0.3, 0.4) is 0 Å². The molecule has 0 aliphatic carbocycles. The molecule has 20 heavy (non-hydrogen) atoms. The molecule has 1 nitrogen and oxygen atoms in total. The predicted molar refractivity (Wildman–Crippen MR) is 77.8 cm³/mol. The van der Waals surface area contributed by atoms with Crippen molar-refractivity contribution in [1.29, 1.82) is 0 Å². The zero-order valence-corrected chi connectivity index (χ0v) is 12.0. The lowest BCUT2D eigenvalue weighted by Crippen LogP contribution is -2.20. The molecule has 0 aromatic heterocycles. The molecule has 1 atom stereocenters. The molecule has 0 spiro atoms. The van der Waals surface area contributed by atoms with Gasteiger partial charge in [0.15, 0.2) is 0 Å². The van der Waals surface area contributed by atoms with Gasteiger partial charge in [0.05, 0.1) is 6.04 Å². The van der Waals surface area contributed by atoms with Gasteiger partial charge in [0, 0.05) is 11.6 Å². The number of hydrogen-bond donors (Lipinski definition) is 1. The summed E-state index contributed by atoms with van der Waals surface area (Å²) in [7, 11) is 1.79. The number of hydrogen-bond acceptors (Lipinski definition) is 1. The summed E-state index contributed by atoms with van der Waals surface area (Å²) in [6.07, 6.45) is 0.871. The molecule has 0 radical (unpaired) electrons. The van der Waals surface area contributed by atoms with E-state index in [2.05, 4.69) is 12.2 Å². The number of benzene rings is 2. The molecule has 1 unspecified atom stereocenters. The molecular weight excluding hydrogens is 256 g/mol. The summed E-state index contributed by atoms with van der Waals surface area (Å²) in [6, 6.07) is 10.2. The van der Waals surface area contributed by atoms with Crippen molar-refractivity contribution in [3.05, 3.63) is 70.3 Å². The summed E-state index contributed by atoms with van der Waals surface area (Å²) < 4.78 is 27.5. The van der Waals surface area contributed by atoms with Crippen LogP contribution in [0.1, 0.15) is 35.2 Å². The first-order valence-corrected chi connectivity index (χ1v) is 6.79. The summed E-state index contributed by atoms with van der Waals surface area (Å²) in [5.41, 5.74) is 3.12. The molecule has 2 aromatic carbocycles. The third-order valence-corrected chi connectivity index (χ3v) is 3.62. The van der Waals surface area contributed by atoms with E-state index in [1.54, 1.807) is 20.0 Å². The normalized spacial score (nSPS) is 12.4. The highest BCUT2D eigenvalue weighted by molar-refractivity contribution is 5.39. The second-order valence-corrected chi connectivity index (χ2v) is 4.90. The molecule has 0 aliphatic rings. The fourth-order valence-corrected chi connectivity index (χ4v) is 2.52. The van der Waals surface area contributed by atoms with Crippen molar-refractivity contribution < 1.29 is 8.78 Å². The van der Waals surface area contributed by atoms with Crippen molar-refractivity contribution >= 4 is 0 Å². The smallest absolute Gasteiger partial charge is 0.131 e. The van der Waals surface area contributed by atoms with Crippen molar-refractivity contribution in [2.45, 2.75) is 26.3 Å². The third kappa shape index (κ3) is 2.73. The van der Waals surface area contributed by atoms with Gasteiger partial charge in [0.1, 0.15) is 11.6 Å². The van der Waals surface area contributed by atoms with Gasteiger partial charge in [0.2, 0.25) is 0 Å². The zero-order valence-electron chi connectivity index (χ0n) is 12.0. The lowest BCUT2D eigenvalue weighted by Gasteiger charge is -2.21. The van der Waals surface area contributed by atoms with Crippen LogP contribution in [0.25, 0.3) is 0 Å². The molecule has 0 heterocycles. The summed E-state index contributed by atoms with van der Waals surface area (Å²) >= 11 is 0. The van der Waals surface area contributed by atoms with Gasteiger partial charge >= 0.3 is 0 Å². The average molecular weight is 275 g/mol. The van der Waals surface area contributed by atoms with Gasteiger partial charge in [-0.1, -0.05) is 31.2 Å². The number of aryl methyl sites for hydroxylation is 2. The Hall–Kier alpha value is -1.74. The van der Waals surface area contributed by atoms with Crippen LogP contribution in [0.15, 0.2) is 36.4 Å². The topological polar surface area (TPSA) is 12.0 Å². The minimum Gasteiger partial charge on any atom is -0.309 e. The Kier molecular flexibility index (Phi) is 4.50. The fourth-order valence-electron chi connectivity index (χ4n) is 2.52. The summed E-state index contributed by atoms with van der Waals surface area (Å²) in [6.45, 7) is 3.72. The highest BCUT2D eigenvalue weighted by Gasteiger charge is 2.19. The number of nitrogens with one attached hydrogen (secondary N) is 1. The standard InChI is InChI=1S/C17H19F2N/c1-4-12-7-5-6-8-13(12)17(20-3)14-9-11(2)15(18)10-16(14)19/h5-10,17,20H,4H2,1-3H3. The number of rotatable bonds is 4. The van der Waals surface area contributed by atoms with E-state index >= 15 is 0 Å². The molecule has 106 valence electrons. The Morgan fingerprint density at radius 2 is 1.75 bits per heavy atom. The monoisotopic (exact) mass is 275 g/mol. The molecule has 1 N–H and O–H groups in total. The van der Waals surface area contributed by atoms with E-state index in [9.17, 15) is 8.78 Å². The van der Waals surface area contributed by atoms with Gasteiger partial charge in [0.25, 0.3) is 0 Å². The quantitative estimate of drug-likeness (QED) is 0.884. The first-order valence-electron chi connectivity index (χ1n) is 6.79. The van der Waals surface area contributed by atoms with Crippen molar-refractivity contribution in [1.82, 2.24) is 5.32 Å². The van der Waals surface area contributed by atoms with Crippen LogP contribution in [0, 0.1) is 18.6 Å². The molecule has 0 amide bonds. The fraction of sp³-hybridized carbons (Fsp3) is 0.294. The van der Waals surface area contributed by atoms with Crippen molar-refractivity contribution in [2.75, 3.05) is 7.05 Å². The van der Waals surface area contributed by atoms with Gasteiger partial charge in [-0.2, -0.15) is 0 Å². The second kappa shape index (κ2) is 6.14. The van der Waals surface area contributed by atoms with E-state index < -0.39 is 11.6 Å². The highest BCUT2D eigenvalue weighted by atomic mass is 19.1. The summed E-state index contributed by atoms with van der Waals surface area (Å²) in [5, 5.41) is 3.13. The number of halogens is 2. The SMILES string of the molecule is CCc1ccccc1C(NC)c1cc(C)c(F)cc1F. The van der Waals surface area contributed by atoms with E-state index in [1.807, 2.05) is 24.3 Å². The molecule has 2 aromatic rings. The zero-order chi connectivity index (χ0) is 14.7. The van der Waals surface area contributed by atoms with Crippen LogP contribution >= 0.6 is 0 Å². The Labute approximate surface area is 118 Å². The van der Waals surface area contributed by atoms with Gasteiger partial charge < -0.3 is 5.32 Å². The Balaban J connectivity index is 2.55. The molecule has 0 aliphatic heterocycles. The van der Waals surface area contributed by atoms with Gasteiger partial charge in [-0.3, -0.25) is 0 Å². The molecule has 0 saturated carbocycles. The molecular formula is C17H19F2N. The summed E-state index contributed by atoms with van der Waals surface area (Å²) in [5.74, 6) is -1.02. The second-order valence-electron chi connectivity index (χ2n) is 4.90. The van der Waals surface area contributed by atoms with E-state index in [-0.39, 0.29) is 6.04 Å². The van der Waals surface area contributed by atoms with Gasteiger partial charge in [-0.15, -0.1) is 0 Å². The first kappa shape index (κ1) is 14.7.